The molecular formula is C15H22N2O. The highest BCUT2D eigenvalue weighted by atomic mass is 16.2. The first kappa shape index (κ1) is 12.9. The van der Waals surface area contributed by atoms with Crippen LogP contribution in [0, 0.1) is 5.92 Å². The zero-order chi connectivity index (χ0) is 13.1. The van der Waals surface area contributed by atoms with Crippen molar-refractivity contribution in [2.75, 3.05) is 17.2 Å². The number of anilines is 2. The topological polar surface area (TPSA) is 46.3 Å². The lowest BCUT2D eigenvalue weighted by molar-refractivity contribution is -0.119. The molecule has 1 aliphatic heterocycles. The van der Waals surface area contributed by atoms with Gasteiger partial charge >= 0.3 is 0 Å². The molecule has 1 amide bonds. The second kappa shape index (κ2) is 5.42. The van der Waals surface area contributed by atoms with E-state index >= 15 is 0 Å². The monoisotopic (exact) mass is 246 g/mol. The van der Waals surface area contributed by atoms with Crippen LogP contribution in [0.2, 0.25) is 0 Å². The Morgan fingerprint density at radius 2 is 2.28 bits per heavy atom. The molecule has 0 saturated heterocycles. The Balaban J connectivity index is 2.22. The Kier molecular flexibility index (Phi) is 3.90. The second-order valence-electron chi connectivity index (χ2n) is 5.21. The molecule has 1 aromatic rings. The van der Waals surface area contributed by atoms with Crippen molar-refractivity contribution in [3.63, 3.8) is 0 Å². The molecule has 3 heteroatoms. The first-order valence-corrected chi connectivity index (χ1v) is 6.81. The van der Waals surface area contributed by atoms with Crippen LogP contribution in [-0.2, 0) is 11.2 Å². The van der Waals surface area contributed by atoms with Crippen LogP contribution >= 0.6 is 0 Å². The number of nitrogen functional groups attached to an aromatic ring is 1. The van der Waals surface area contributed by atoms with Crippen molar-refractivity contribution >= 4 is 17.3 Å². The van der Waals surface area contributed by atoms with E-state index in [0.717, 1.165) is 42.7 Å². The Labute approximate surface area is 109 Å². The maximum atomic E-state index is 12.3. The van der Waals surface area contributed by atoms with Crippen molar-refractivity contribution in [3.8, 4) is 0 Å². The van der Waals surface area contributed by atoms with Crippen molar-refractivity contribution in [3.05, 3.63) is 23.8 Å². The molecule has 3 nitrogen and oxygen atoms in total. The molecule has 18 heavy (non-hydrogen) atoms. The van der Waals surface area contributed by atoms with Crippen LogP contribution < -0.4 is 10.6 Å². The van der Waals surface area contributed by atoms with Gasteiger partial charge in [-0.05, 0) is 36.5 Å². The molecule has 0 aromatic heterocycles. The van der Waals surface area contributed by atoms with Gasteiger partial charge in [-0.15, -0.1) is 0 Å². The molecule has 1 aliphatic rings. The van der Waals surface area contributed by atoms with Crippen molar-refractivity contribution in [2.45, 2.75) is 39.5 Å². The molecule has 0 saturated carbocycles. The van der Waals surface area contributed by atoms with Gasteiger partial charge in [-0.1, -0.05) is 26.3 Å². The third-order valence-corrected chi connectivity index (χ3v) is 3.81. The third-order valence-electron chi connectivity index (χ3n) is 3.81. The minimum atomic E-state index is 0.232. The first-order chi connectivity index (χ1) is 8.63. The van der Waals surface area contributed by atoms with Gasteiger partial charge in [-0.25, -0.2) is 0 Å². The van der Waals surface area contributed by atoms with Gasteiger partial charge in [0.05, 0.1) is 0 Å². The van der Waals surface area contributed by atoms with Crippen molar-refractivity contribution in [2.24, 2.45) is 5.92 Å². The van der Waals surface area contributed by atoms with Gasteiger partial charge in [-0.2, -0.15) is 0 Å². The number of carbonyl (C=O) groups is 1. The highest BCUT2D eigenvalue weighted by molar-refractivity contribution is 5.95. The van der Waals surface area contributed by atoms with Crippen LogP contribution in [0.25, 0.3) is 0 Å². The number of fused-ring (bicyclic) bond motifs is 1. The fraction of sp³-hybridized carbons (Fsp3) is 0.533. The highest BCUT2D eigenvalue weighted by Crippen LogP contribution is 2.32. The predicted octanol–water partition coefficient (Wildman–Crippen LogP) is 2.98. The van der Waals surface area contributed by atoms with Gasteiger partial charge in [0.1, 0.15) is 0 Å². The summed E-state index contributed by atoms with van der Waals surface area (Å²) in [6, 6.07) is 5.86. The van der Waals surface area contributed by atoms with Crippen LogP contribution in [-0.4, -0.2) is 12.5 Å². The highest BCUT2D eigenvalue weighted by Gasteiger charge is 2.24. The number of nitrogens with zero attached hydrogens (tertiary/aromatic N) is 1. The number of nitrogens with two attached hydrogens (primary N) is 1. The third kappa shape index (κ3) is 2.50. The standard InChI is InChI=1S/C15H22N2O/c1-3-11(2)10-15(18)17-9-5-6-12-13(16)7-4-8-14(12)17/h4,7-8,11H,3,5-6,9-10,16H2,1-2H3. The summed E-state index contributed by atoms with van der Waals surface area (Å²) in [6.45, 7) is 5.08. The van der Waals surface area contributed by atoms with E-state index in [2.05, 4.69) is 13.8 Å². The van der Waals surface area contributed by atoms with Crippen LogP contribution in [0.4, 0.5) is 11.4 Å². The summed E-state index contributed by atoms with van der Waals surface area (Å²) in [5.74, 6) is 0.680. The molecule has 2 rings (SSSR count). The number of carbonyl (C=O) groups excluding carboxylic acids is 1. The van der Waals surface area contributed by atoms with Gasteiger partial charge in [0.2, 0.25) is 5.91 Å². The minimum Gasteiger partial charge on any atom is -0.398 e. The van der Waals surface area contributed by atoms with Gasteiger partial charge in [0, 0.05) is 24.3 Å². The molecule has 0 spiro atoms. The average Bonchev–Trinajstić information content (AvgIpc) is 2.38. The average molecular weight is 246 g/mol. The smallest absolute Gasteiger partial charge is 0.227 e. The van der Waals surface area contributed by atoms with Gasteiger partial charge in [0.15, 0.2) is 0 Å². The molecule has 0 fully saturated rings. The van der Waals surface area contributed by atoms with Crippen molar-refractivity contribution in [1.29, 1.82) is 0 Å². The zero-order valence-electron chi connectivity index (χ0n) is 11.3. The van der Waals surface area contributed by atoms with Crippen LogP contribution in [0.1, 0.15) is 38.7 Å². The molecule has 1 aromatic carbocycles. The molecule has 98 valence electrons. The summed E-state index contributed by atoms with van der Waals surface area (Å²) >= 11 is 0. The zero-order valence-corrected chi connectivity index (χ0v) is 11.3. The molecule has 2 N–H and O–H groups in total. The Hall–Kier alpha value is -1.51. The number of amides is 1. The summed E-state index contributed by atoms with van der Waals surface area (Å²) < 4.78 is 0. The maximum Gasteiger partial charge on any atom is 0.227 e. The van der Waals surface area contributed by atoms with Crippen molar-refractivity contribution in [1.82, 2.24) is 0 Å². The molecular weight excluding hydrogens is 224 g/mol. The van der Waals surface area contributed by atoms with E-state index in [4.69, 9.17) is 5.73 Å². The lowest BCUT2D eigenvalue weighted by Gasteiger charge is -2.31. The quantitative estimate of drug-likeness (QED) is 0.833. The Bertz CT molecular complexity index is 442. The van der Waals surface area contributed by atoms with E-state index in [1.165, 1.54) is 0 Å². The molecule has 0 bridgehead atoms. The molecule has 1 unspecified atom stereocenters. The summed E-state index contributed by atoms with van der Waals surface area (Å²) in [5, 5.41) is 0. The van der Waals surface area contributed by atoms with Gasteiger partial charge < -0.3 is 10.6 Å². The fourth-order valence-electron chi connectivity index (χ4n) is 2.46. The largest absolute Gasteiger partial charge is 0.398 e. The minimum absolute atomic E-state index is 0.232. The SMILES string of the molecule is CCC(C)CC(=O)N1CCCc2c(N)cccc21. The lowest BCUT2D eigenvalue weighted by Crippen LogP contribution is -2.36. The van der Waals surface area contributed by atoms with E-state index in [0.29, 0.717) is 12.3 Å². The van der Waals surface area contributed by atoms with Crippen LogP contribution in [0.3, 0.4) is 0 Å². The van der Waals surface area contributed by atoms with E-state index in [1.54, 1.807) is 0 Å². The first-order valence-electron chi connectivity index (χ1n) is 6.81. The maximum absolute atomic E-state index is 12.3. The number of hydrogen-bond acceptors (Lipinski definition) is 2. The van der Waals surface area contributed by atoms with E-state index < -0.39 is 0 Å². The summed E-state index contributed by atoms with van der Waals surface area (Å²) in [5.41, 5.74) is 8.97. The van der Waals surface area contributed by atoms with Gasteiger partial charge in [-0.3, -0.25) is 4.79 Å². The number of rotatable bonds is 3. The molecule has 0 radical (unpaired) electrons. The lowest BCUT2D eigenvalue weighted by atomic mass is 9.98. The van der Waals surface area contributed by atoms with E-state index in [9.17, 15) is 4.79 Å². The van der Waals surface area contributed by atoms with Gasteiger partial charge in [0.25, 0.3) is 0 Å². The number of benzene rings is 1. The predicted molar refractivity (Wildman–Crippen MR) is 75.6 cm³/mol. The van der Waals surface area contributed by atoms with E-state index in [1.807, 2.05) is 23.1 Å². The molecule has 1 heterocycles. The normalized spacial score (nSPS) is 16.2. The fourth-order valence-corrected chi connectivity index (χ4v) is 2.46. The number of hydrogen-bond donors (Lipinski definition) is 1. The Morgan fingerprint density at radius 3 is 3.00 bits per heavy atom. The van der Waals surface area contributed by atoms with E-state index in [-0.39, 0.29) is 5.91 Å². The molecule has 0 aliphatic carbocycles. The summed E-state index contributed by atoms with van der Waals surface area (Å²) in [6.07, 6.45) is 3.66. The summed E-state index contributed by atoms with van der Waals surface area (Å²) in [4.78, 5) is 14.2. The molecule has 1 atom stereocenters. The summed E-state index contributed by atoms with van der Waals surface area (Å²) in [7, 11) is 0. The second-order valence-corrected chi connectivity index (χ2v) is 5.21. The Morgan fingerprint density at radius 1 is 1.50 bits per heavy atom. The van der Waals surface area contributed by atoms with Crippen molar-refractivity contribution < 1.29 is 4.79 Å². The van der Waals surface area contributed by atoms with Crippen LogP contribution in [0.15, 0.2) is 18.2 Å². The van der Waals surface area contributed by atoms with Crippen LogP contribution in [0.5, 0.6) is 0 Å².